The SMILES string of the molecule is CC(Cc1ccccc1)NC(=O)CCNC(=O)[C@H](O)C(C)(C)CO. The van der Waals surface area contributed by atoms with Crippen LogP contribution >= 0.6 is 0 Å². The molecule has 0 aliphatic heterocycles. The largest absolute Gasteiger partial charge is 0.396 e. The first kappa shape index (κ1) is 20.1. The molecule has 6 heteroatoms. The van der Waals surface area contributed by atoms with E-state index < -0.39 is 17.4 Å². The minimum atomic E-state index is -1.32. The van der Waals surface area contributed by atoms with Crippen molar-refractivity contribution in [3.05, 3.63) is 35.9 Å². The predicted molar refractivity (Wildman–Crippen MR) is 92.3 cm³/mol. The Kier molecular flexibility index (Phi) is 7.88. The fraction of sp³-hybridized carbons (Fsp3) is 0.556. The molecule has 0 radical (unpaired) electrons. The summed E-state index contributed by atoms with van der Waals surface area (Å²) < 4.78 is 0. The number of carbonyl (C=O) groups is 2. The average molecular weight is 336 g/mol. The van der Waals surface area contributed by atoms with Gasteiger partial charge in [-0.05, 0) is 18.9 Å². The van der Waals surface area contributed by atoms with Gasteiger partial charge in [-0.15, -0.1) is 0 Å². The lowest BCUT2D eigenvalue weighted by atomic mass is 9.87. The molecule has 1 rings (SSSR count). The maximum absolute atomic E-state index is 11.9. The Morgan fingerprint density at radius 1 is 1.21 bits per heavy atom. The number of carbonyl (C=O) groups excluding carboxylic acids is 2. The summed E-state index contributed by atoms with van der Waals surface area (Å²) in [4.78, 5) is 23.7. The fourth-order valence-electron chi connectivity index (χ4n) is 2.20. The Labute approximate surface area is 143 Å². The number of hydrogen-bond acceptors (Lipinski definition) is 4. The van der Waals surface area contributed by atoms with Crippen molar-refractivity contribution in [1.29, 1.82) is 0 Å². The second-order valence-corrected chi connectivity index (χ2v) is 6.75. The zero-order valence-corrected chi connectivity index (χ0v) is 14.6. The molecule has 2 atom stereocenters. The van der Waals surface area contributed by atoms with Gasteiger partial charge in [0.05, 0.1) is 6.61 Å². The molecule has 0 bridgehead atoms. The van der Waals surface area contributed by atoms with Crippen LogP contribution in [0.3, 0.4) is 0 Å². The van der Waals surface area contributed by atoms with Crippen molar-refractivity contribution in [1.82, 2.24) is 10.6 Å². The summed E-state index contributed by atoms with van der Waals surface area (Å²) in [5, 5.41) is 24.4. The van der Waals surface area contributed by atoms with E-state index in [1.54, 1.807) is 13.8 Å². The molecule has 0 aromatic heterocycles. The van der Waals surface area contributed by atoms with Crippen LogP contribution in [0.5, 0.6) is 0 Å². The summed E-state index contributed by atoms with van der Waals surface area (Å²) in [6.45, 7) is 4.95. The van der Waals surface area contributed by atoms with E-state index >= 15 is 0 Å². The third kappa shape index (κ3) is 6.68. The van der Waals surface area contributed by atoms with Gasteiger partial charge in [-0.1, -0.05) is 44.2 Å². The normalized spacial score (nSPS) is 13.9. The van der Waals surface area contributed by atoms with Crippen LogP contribution in [0.4, 0.5) is 0 Å². The Morgan fingerprint density at radius 2 is 1.83 bits per heavy atom. The van der Waals surface area contributed by atoms with Gasteiger partial charge in [0.25, 0.3) is 0 Å². The summed E-state index contributed by atoms with van der Waals surface area (Å²) >= 11 is 0. The molecule has 4 N–H and O–H groups in total. The van der Waals surface area contributed by atoms with Gasteiger partial charge < -0.3 is 20.8 Å². The zero-order valence-electron chi connectivity index (χ0n) is 14.6. The van der Waals surface area contributed by atoms with Gasteiger partial charge in [0, 0.05) is 24.4 Å². The molecule has 24 heavy (non-hydrogen) atoms. The van der Waals surface area contributed by atoms with E-state index in [1.165, 1.54) is 0 Å². The van der Waals surface area contributed by atoms with Crippen molar-refractivity contribution >= 4 is 11.8 Å². The molecule has 0 heterocycles. The van der Waals surface area contributed by atoms with E-state index in [4.69, 9.17) is 5.11 Å². The molecule has 0 saturated carbocycles. The van der Waals surface area contributed by atoms with E-state index in [-0.39, 0.29) is 31.5 Å². The minimum Gasteiger partial charge on any atom is -0.396 e. The topological polar surface area (TPSA) is 98.7 Å². The Hall–Kier alpha value is -1.92. The van der Waals surface area contributed by atoms with Crippen molar-refractivity contribution in [2.24, 2.45) is 5.41 Å². The Balaban J connectivity index is 2.30. The van der Waals surface area contributed by atoms with Gasteiger partial charge in [-0.3, -0.25) is 9.59 Å². The lowest BCUT2D eigenvalue weighted by Gasteiger charge is -2.27. The van der Waals surface area contributed by atoms with Gasteiger partial charge >= 0.3 is 0 Å². The molecule has 134 valence electrons. The van der Waals surface area contributed by atoms with Gasteiger partial charge in [0.2, 0.25) is 11.8 Å². The third-order valence-corrected chi connectivity index (χ3v) is 3.84. The first-order valence-electron chi connectivity index (χ1n) is 8.16. The van der Waals surface area contributed by atoms with E-state index in [9.17, 15) is 14.7 Å². The van der Waals surface area contributed by atoms with E-state index in [2.05, 4.69) is 10.6 Å². The number of amides is 2. The minimum absolute atomic E-state index is 0.00508. The van der Waals surface area contributed by atoms with E-state index in [1.807, 2.05) is 37.3 Å². The van der Waals surface area contributed by atoms with Crippen LogP contribution in [0, 0.1) is 5.41 Å². The monoisotopic (exact) mass is 336 g/mol. The molecule has 6 nitrogen and oxygen atoms in total. The van der Waals surface area contributed by atoms with Gasteiger partial charge in [-0.25, -0.2) is 0 Å². The molecule has 0 fully saturated rings. The third-order valence-electron chi connectivity index (χ3n) is 3.84. The van der Waals surface area contributed by atoms with Gasteiger partial charge in [0.1, 0.15) is 6.10 Å². The Morgan fingerprint density at radius 3 is 2.42 bits per heavy atom. The van der Waals surface area contributed by atoms with E-state index in [0.717, 1.165) is 12.0 Å². The molecule has 0 spiro atoms. The fourth-order valence-corrected chi connectivity index (χ4v) is 2.20. The molecule has 0 saturated heterocycles. The van der Waals surface area contributed by atoms with Crippen LogP contribution < -0.4 is 10.6 Å². The molecule has 0 aliphatic carbocycles. The molecular formula is C18H28N2O4. The highest BCUT2D eigenvalue weighted by Crippen LogP contribution is 2.19. The number of benzene rings is 1. The predicted octanol–water partition coefficient (Wildman–Crippen LogP) is 0.619. The summed E-state index contributed by atoms with van der Waals surface area (Å²) in [6.07, 6.45) is -0.443. The summed E-state index contributed by atoms with van der Waals surface area (Å²) in [5.74, 6) is -0.742. The van der Waals surface area contributed by atoms with Gasteiger partial charge in [-0.2, -0.15) is 0 Å². The quantitative estimate of drug-likeness (QED) is 0.531. The van der Waals surface area contributed by atoms with Crippen molar-refractivity contribution in [3.8, 4) is 0 Å². The maximum Gasteiger partial charge on any atom is 0.249 e. The lowest BCUT2D eigenvalue weighted by molar-refractivity contribution is -0.137. The molecule has 0 aliphatic rings. The summed E-state index contributed by atoms with van der Waals surface area (Å²) in [5.41, 5.74) is 0.226. The van der Waals surface area contributed by atoms with Crippen LogP contribution in [0.1, 0.15) is 32.8 Å². The number of nitrogens with one attached hydrogen (secondary N) is 2. The van der Waals surface area contributed by atoms with Crippen LogP contribution in [-0.2, 0) is 16.0 Å². The van der Waals surface area contributed by atoms with Gasteiger partial charge in [0.15, 0.2) is 0 Å². The zero-order chi connectivity index (χ0) is 18.2. The van der Waals surface area contributed by atoms with Crippen molar-refractivity contribution in [3.63, 3.8) is 0 Å². The first-order valence-corrected chi connectivity index (χ1v) is 8.16. The molecule has 2 amide bonds. The van der Waals surface area contributed by atoms with Crippen molar-refractivity contribution in [2.45, 2.75) is 45.8 Å². The van der Waals surface area contributed by atoms with Crippen LogP contribution in [0.25, 0.3) is 0 Å². The highest BCUT2D eigenvalue weighted by Gasteiger charge is 2.32. The van der Waals surface area contributed by atoms with E-state index in [0.29, 0.717) is 0 Å². The maximum atomic E-state index is 11.9. The molecular weight excluding hydrogens is 308 g/mol. The first-order chi connectivity index (χ1) is 11.3. The standard InChI is InChI=1S/C18H28N2O4/c1-13(11-14-7-5-4-6-8-14)20-15(22)9-10-19-17(24)16(23)18(2,3)12-21/h4-8,13,16,21,23H,9-12H2,1-3H3,(H,19,24)(H,20,22)/t13?,16-/m0/s1. The Bertz CT molecular complexity index is 531. The van der Waals surface area contributed by atoms with Crippen LogP contribution in [-0.4, -0.2) is 47.3 Å². The van der Waals surface area contributed by atoms with Crippen molar-refractivity contribution < 1.29 is 19.8 Å². The number of aliphatic hydroxyl groups is 2. The molecule has 1 aromatic rings. The number of rotatable bonds is 9. The summed E-state index contributed by atoms with van der Waals surface area (Å²) in [6, 6.07) is 9.87. The average Bonchev–Trinajstić information content (AvgIpc) is 2.54. The van der Waals surface area contributed by atoms with Crippen LogP contribution in [0.15, 0.2) is 30.3 Å². The second kappa shape index (κ2) is 9.39. The number of hydrogen-bond donors (Lipinski definition) is 4. The van der Waals surface area contributed by atoms with Crippen LogP contribution in [0.2, 0.25) is 0 Å². The molecule has 1 unspecified atom stereocenters. The smallest absolute Gasteiger partial charge is 0.249 e. The van der Waals surface area contributed by atoms with Crippen molar-refractivity contribution in [2.75, 3.05) is 13.2 Å². The highest BCUT2D eigenvalue weighted by atomic mass is 16.3. The number of aliphatic hydroxyl groups excluding tert-OH is 2. The molecule has 1 aromatic carbocycles. The summed E-state index contributed by atoms with van der Waals surface area (Å²) in [7, 11) is 0. The highest BCUT2D eigenvalue weighted by molar-refractivity contribution is 5.82. The second-order valence-electron chi connectivity index (χ2n) is 6.75. The lowest BCUT2D eigenvalue weighted by Crippen LogP contribution is -2.46.